The van der Waals surface area contributed by atoms with Crippen LogP contribution < -0.4 is 10.6 Å². The van der Waals surface area contributed by atoms with Crippen molar-refractivity contribution < 1.29 is 18.4 Å². The summed E-state index contributed by atoms with van der Waals surface area (Å²) in [5, 5.41) is 6.67. The van der Waals surface area contributed by atoms with Crippen LogP contribution in [0.25, 0.3) is 10.4 Å². The Morgan fingerprint density at radius 3 is 2.15 bits per heavy atom. The zero-order chi connectivity index (χ0) is 19.6. The molecule has 0 saturated carbocycles. The lowest BCUT2D eigenvalue weighted by Crippen LogP contribution is -2.35. The van der Waals surface area contributed by atoms with E-state index in [0.717, 1.165) is 23.1 Å². The molecule has 9 heteroatoms. The van der Waals surface area contributed by atoms with Gasteiger partial charge >= 0.3 is 6.03 Å². The fourth-order valence-electron chi connectivity index (χ4n) is 2.34. The molecule has 0 spiro atoms. The molecule has 27 heavy (non-hydrogen) atoms. The Balaban J connectivity index is 1.76. The van der Waals surface area contributed by atoms with E-state index in [-0.39, 0.29) is 5.69 Å². The second-order valence-corrected chi connectivity index (χ2v) is 7.06. The van der Waals surface area contributed by atoms with Crippen LogP contribution in [0, 0.1) is 11.6 Å². The first kappa shape index (κ1) is 19.3. The van der Waals surface area contributed by atoms with Gasteiger partial charge in [-0.25, -0.2) is 13.6 Å². The SMILES string of the molecule is O=C(NC(=O)c1c(F)cccc1F)Nc1cc(Cl)c(-c2cccs2)c(Cl)c1. The Kier molecular flexibility index (Phi) is 5.74. The number of imide groups is 1. The molecule has 3 amide bonds. The molecular weight excluding hydrogens is 417 g/mol. The van der Waals surface area contributed by atoms with Crippen molar-refractivity contribution in [2.24, 2.45) is 0 Å². The average Bonchev–Trinajstić information content (AvgIpc) is 3.07. The summed E-state index contributed by atoms with van der Waals surface area (Å²) >= 11 is 13.9. The van der Waals surface area contributed by atoms with E-state index in [1.54, 1.807) is 0 Å². The number of thiophene rings is 1. The molecule has 0 aliphatic heterocycles. The highest BCUT2D eigenvalue weighted by atomic mass is 35.5. The van der Waals surface area contributed by atoms with E-state index in [1.807, 2.05) is 22.8 Å². The molecule has 0 aliphatic rings. The zero-order valence-corrected chi connectivity index (χ0v) is 15.7. The summed E-state index contributed by atoms with van der Waals surface area (Å²) in [5.74, 6) is -3.37. The van der Waals surface area contributed by atoms with Gasteiger partial charge in [0.2, 0.25) is 0 Å². The maximum absolute atomic E-state index is 13.6. The van der Waals surface area contributed by atoms with Crippen LogP contribution in [0.1, 0.15) is 10.4 Å². The van der Waals surface area contributed by atoms with E-state index in [9.17, 15) is 18.4 Å². The van der Waals surface area contributed by atoms with Crippen LogP contribution in [-0.4, -0.2) is 11.9 Å². The maximum atomic E-state index is 13.6. The molecule has 3 aromatic rings. The van der Waals surface area contributed by atoms with Crippen molar-refractivity contribution >= 4 is 52.2 Å². The summed E-state index contributed by atoms with van der Waals surface area (Å²) in [7, 11) is 0. The molecule has 0 aliphatic carbocycles. The maximum Gasteiger partial charge on any atom is 0.326 e. The molecule has 2 N–H and O–H groups in total. The number of urea groups is 1. The summed E-state index contributed by atoms with van der Waals surface area (Å²) in [6.45, 7) is 0. The van der Waals surface area contributed by atoms with Crippen LogP contribution in [0.4, 0.5) is 19.3 Å². The predicted molar refractivity (Wildman–Crippen MR) is 103 cm³/mol. The first-order valence-electron chi connectivity index (χ1n) is 7.46. The molecule has 1 aromatic heterocycles. The first-order chi connectivity index (χ1) is 12.9. The molecule has 138 valence electrons. The zero-order valence-electron chi connectivity index (χ0n) is 13.4. The van der Waals surface area contributed by atoms with Crippen LogP contribution in [0.5, 0.6) is 0 Å². The van der Waals surface area contributed by atoms with E-state index in [1.165, 1.54) is 23.5 Å². The minimum Gasteiger partial charge on any atom is -0.308 e. The summed E-state index contributed by atoms with van der Waals surface area (Å²) in [5.41, 5.74) is -0.0230. The molecule has 0 unspecified atom stereocenters. The van der Waals surface area contributed by atoms with Gasteiger partial charge in [-0.15, -0.1) is 11.3 Å². The van der Waals surface area contributed by atoms with Crippen LogP contribution in [-0.2, 0) is 0 Å². The van der Waals surface area contributed by atoms with Gasteiger partial charge in [0.25, 0.3) is 5.91 Å². The van der Waals surface area contributed by atoms with Gasteiger partial charge in [-0.3, -0.25) is 10.1 Å². The second-order valence-electron chi connectivity index (χ2n) is 5.30. The van der Waals surface area contributed by atoms with Gasteiger partial charge < -0.3 is 5.32 Å². The highest BCUT2D eigenvalue weighted by Gasteiger charge is 2.20. The van der Waals surface area contributed by atoms with Crippen molar-refractivity contribution in [1.29, 1.82) is 0 Å². The summed E-state index contributed by atoms with van der Waals surface area (Å²) in [6.07, 6.45) is 0. The number of rotatable bonds is 3. The Bertz CT molecular complexity index is 983. The van der Waals surface area contributed by atoms with Gasteiger partial charge in [0.1, 0.15) is 17.2 Å². The molecule has 0 radical (unpaired) electrons. The number of amides is 3. The number of nitrogens with one attached hydrogen (secondary N) is 2. The van der Waals surface area contributed by atoms with Crippen LogP contribution in [0.15, 0.2) is 47.8 Å². The third-order valence-electron chi connectivity index (χ3n) is 3.48. The van der Waals surface area contributed by atoms with Gasteiger partial charge in [0.15, 0.2) is 0 Å². The molecule has 0 saturated heterocycles. The van der Waals surface area contributed by atoms with Gasteiger partial charge in [0.05, 0.1) is 10.0 Å². The lowest BCUT2D eigenvalue weighted by atomic mass is 10.1. The van der Waals surface area contributed by atoms with Crippen molar-refractivity contribution in [2.75, 3.05) is 5.32 Å². The Labute approximate surface area is 166 Å². The fraction of sp³-hybridized carbons (Fsp3) is 0. The largest absolute Gasteiger partial charge is 0.326 e. The summed E-state index contributed by atoms with van der Waals surface area (Å²) in [6, 6.07) is 8.56. The third kappa shape index (κ3) is 4.27. The Morgan fingerprint density at radius 2 is 1.59 bits per heavy atom. The lowest BCUT2D eigenvalue weighted by Gasteiger charge is -2.11. The standard InChI is InChI=1S/C18H10Cl2F2N2O2S/c19-10-7-9(8-11(20)15(10)14-5-2-6-27-14)23-18(26)24-17(25)16-12(21)3-1-4-13(16)22/h1-8H,(H2,23,24,25,26). The molecule has 0 bridgehead atoms. The second kappa shape index (κ2) is 8.04. The van der Waals surface area contributed by atoms with E-state index < -0.39 is 29.1 Å². The van der Waals surface area contributed by atoms with Crippen molar-refractivity contribution in [3.05, 3.63) is 75.1 Å². The summed E-state index contributed by atoms with van der Waals surface area (Å²) < 4.78 is 27.2. The molecule has 0 atom stereocenters. The molecular formula is C18H10Cl2F2N2O2S. The van der Waals surface area contributed by atoms with Gasteiger partial charge in [-0.2, -0.15) is 0 Å². The number of halogens is 4. The van der Waals surface area contributed by atoms with Crippen LogP contribution >= 0.6 is 34.5 Å². The number of anilines is 1. The minimum absolute atomic E-state index is 0.213. The highest BCUT2D eigenvalue weighted by Crippen LogP contribution is 2.39. The van der Waals surface area contributed by atoms with E-state index >= 15 is 0 Å². The average molecular weight is 427 g/mol. The van der Waals surface area contributed by atoms with E-state index in [2.05, 4.69) is 5.32 Å². The van der Waals surface area contributed by atoms with Gasteiger partial charge in [0, 0.05) is 16.1 Å². The Morgan fingerprint density at radius 1 is 0.963 bits per heavy atom. The van der Waals surface area contributed by atoms with Crippen molar-refractivity contribution in [1.82, 2.24) is 5.32 Å². The number of hydrogen-bond donors (Lipinski definition) is 2. The first-order valence-corrected chi connectivity index (χ1v) is 9.09. The number of benzene rings is 2. The van der Waals surface area contributed by atoms with Gasteiger partial charge in [-0.1, -0.05) is 35.3 Å². The monoisotopic (exact) mass is 426 g/mol. The Hall–Kier alpha value is -2.48. The number of carbonyl (C=O) groups excluding carboxylic acids is 2. The number of carbonyl (C=O) groups is 2. The number of hydrogen-bond acceptors (Lipinski definition) is 3. The van der Waals surface area contributed by atoms with Crippen molar-refractivity contribution in [2.45, 2.75) is 0 Å². The molecule has 0 fully saturated rings. The molecule has 4 nitrogen and oxygen atoms in total. The van der Waals surface area contributed by atoms with Crippen LogP contribution in [0.3, 0.4) is 0 Å². The smallest absolute Gasteiger partial charge is 0.308 e. The normalized spacial score (nSPS) is 10.5. The van der Waals surface area contributed by atoms with E-state index in [4.69, 9.17) is 23.2 Å². The van der Waals surface area contributed by atoms with Crippen LogP contribution in [0.2, 0.25) is 10.0 Å². The topological polar surface area (TPSA) is 58.2 Å². The fourth-order valence-corrected chi connectivity index (χ4v) is 3.95. The highest BCUT2D eigenvalue weighted by molar-refractivity contribution is 7.13. The molecule has 3 rings (SSSR count). The third-order valence-corrected chi connectivity index (χ3v) is 4.97. The molecule has 1 heterocycles. The van der Waals surface area contributed by atoms with E-state index in [0.29, 0.717) is 15.6 Å². The minimum atomic E-state index is -1.21. The lowest BCUT2D eigenvalue weighted by molar-refractivity contribution is 0.0959. The summed E-state index contributed by atoms with van der Waals surface area (Å²) in [4.78, 5) is 24.8. The quantitative estimate of drug-likeness (QED) is 0.542. The van der Waals surface area contributed by atoms with Crippen molar-refractivity contribution in [3.8, 4) is 10.4 Å². The predicted octanol–water partition coefficient (Wildman–Crippen LogP) is 5.96. The molecule has 2 aromatic carbocycles. The van der Waals surface area contributed by atoms with Crippen molar-refractivity contribution in [3.63, 3.8) is 0 Å². The van der Waals surface area contributed by atoms with Gasteiger partial charge in [-0.05, 0) is 35.7 Å².